The van der Waals surface area contributed by atoms with Crippen molar-refractivity contribution < 1.29 is 28.7 Å². The van der Waals surface area contributed by atoms with Crippen molar-refractivity contribution in [3.8, 4) is 24.2 Å². The highest BCUT2D eigenvalue weighted by Gasteiger charge is 2.40. The van der Waals surface area contributed by atoms with Gasteiger partial charge in [0.05, 0.1) is 6.61 Å². The Hall–Kier alpha value is -2.17. The van der Waals surface area contributed by atoms with Crippen LogP contribution >= 0.6 is 7.82 Å². The van der Waals surface area contributed by atoms with E-state index in [1.54, 1.807) is 0 Å². The quantitative estimate of drug-likeness (QED) is 0.274. The van der Waals surface area contributed by atoms with Gasteiger partial charge < -0.3 is 19.6 Å². The molecule has 2 heterocycles. The molecule has 1 aliphatic heterocycles. The minimum absolute atomic E-state index is 0.0417. The number of nitrogens with zero attached hydrogens (tertiary/aromatic N) is 1. The first-order valence-electron chi connectivity index (χ1n) is 8.53. The van der Waals surface area contributed by atoms with Crippen molar-refractivity contribution in [2.75, 3.05) is 6.61 Å². The van der Waals surface area contributed by atoms with Crippen molar-refractivity contribution in [2.45, 2.75) is 50.5 Å². The molecule has 10 nitrogen and oxygen atoms in total. The van der Waals surface area contributed by atoms with E-state index >= 15 is 0 Å². The van der Waals surface area contributed by atoms with Crippen molar-refractivity contribution in [1.29, 1.82) is 0 Å². The first kappa shape index (κ1) is 22.1. The van der Waals surface area contributed by atoms with Gasteiger partial charge >= 0.3 is 13.5 Å². The molecule has 0 aliphatic carbocycles. The Labute approximate surface area is 160 Å². The number of nitrogens with one attached hydrogen (secondary N) is 1. The fourth-order valence-corrected chi connectivity index (χ4v) is 3.28. The maximum Gasteiger partial charge on any atom is 0.469 e. The molecule has 3 atom stereocenters. The van der Waals surface area contributed by atoms with Crippen molar-refractivity contribution in [1.82, 2.24) is 9.55 Å². The molecule has 1 aromatic rings. The van der Waals surface area contributed by atoms with Crippen LogP contribution in [0.5, 0.6) is 0 Å². The number of unbranched alkanes of at least 4 members (excludes halogenated alkanes) is 3. The van der Waals surface area contributed by atoms with Crippen LogP contribution in [0.3, 0.4) is 0 Å². The maximum absolute atomic E-state index is 12.1. The summed E-state index contributed by atoms with van der Waals surface area (Å²) in [5, 5.41) is 9.33. The third-order valence-electron chi connectivity index (χ3n) is 4.01. The average Bonchev–Trinajstić information content (AvgIpc) is 3.00. The van der Waals surface area contributed by atoms with Crippen LogP contribution in [0.25, 0.3) is 0 Å². The van der Waals surface area contributed by atoms with Gasteiger partial charge in [0, 0.05) is 25.5 Å². The number of aliphatic hydroxyl groups excluding tert-OH is 1. The molecule has 1 aliphatic rings. The van der Waals surface area contributed by atoms with Crippen molar-refractivity contribution in [2.24, 2.45) is 0 Å². The van der Waals surface area contributed by atoms with Gasteiger partial charge in [-0.15, -0.1) is 12.3 Å². The SMILES string of the molecule is C#CCCCCC#Cc1cn([C@H]2C[C@@H](OP(=O)(O)O)[C@@H](CO)O2)c(=O)[nH]c1=O. The third kappa shape index (κ3) is 6.18. The molecule has 1 saturated heterocycles. The van der Waals surface area contributed by atoms with Crippen LogP contribution in [-0.4, -0.2) is 43.3 Å². The third-order valence-corrected chi connectivity index (χ3v) is 4.55. The Bertz CT molecular complexity index is 945. The van der Waals surface area contributed by atoms with Gasteiger partial charge in [0.2, 0.25) is 0 Å². The molecule has 0 unspecified atom stereocenters. The highest BCUT2D eigenvalue weighted by atomic mass is 31.2. The standard InChI is InChI=1S/C17H21N2O8P/c1-2-3-4-5-6-7-8-12-10-19(17(22)18-16(12)21)15-9-13(14(11-20)26-15)27-28(23,24)25/h1,10,13-15,20H,3-6,9,11H2,(H,18,21,22)(H2,23,24,25)/t13-,14-,15-/m1/s1. The summed E-state index contributed by atoms with van der Waals surface area (Å²) in [5.74, 6) is 8.05. The van der Waals surface area contributed by atoms with Gasteiger partial charge in [-0.1, -0.05) is 11.8 Å². The molecular formula is C17H21N2O8P. The van der Waals surface area contributed by atoms with Gasteiger partial charge in [-0.2, -0.15) is 0 Å². The fourth-order valence-electron chi connectivity index (χ4n) is 2.71. The van der Waals surface area contributed by atoms with Gasteiger partial charge in [0.25, 0.3) is 5.56 Å². The van der Waals surface area contributed by atoms with Gasteiger partial charge in [0.15, 0.2) is 0 Å². The lowest BCUT2D eigenvalue weighted by Crippen LogP contribution is -2.33. The minimum atomic E-state index is -4.81. The topological polar surface area (TPSA) is 151 Å². The lowest BCUT2D eigenvalue weighted by molar-refractivity contribution is -0.0452. The molecular weight excluding hydrogens is 391 g/mol. The molecule has 0 amide bonds. The first-order chi connectivity index (χ1) is 13.2. The fraction of sp³-hybridized carbons (Fsp3) is 0.529. The second-order valence-corrected chi connectivity index (χ2v) is 7.30. The van der Waals surface area contributed by atoms with Gasteiger partial charge in [-0.3, -0.25) is 18.9 Å². The minimum Gasteiger partial charge on any atom is -0.394 e. The number of ether oxygens (including phenoxy) is 1. The number of terminal acetylenes is 1. The van der Waals surface area contributed by atoms with Gasteiger partial charge in [0.1, 0.15) is 24.0 Å². The molecule has 0 spiro atoms. The largest absolute Gasteiger partial charge is 0.469 e. The smallest absolute Gasteiger partial charge is 0.394 e. The summed E-state index contributed by atoms with van der Waals surface area (Å²) < 4.78 is 22.2. The van der Waals surface area contributed by atoms with E-state index in [-0.39, 0.29) is 12.0 Å². The Morgan fingerprint density at radius 3 is 2.71 bits per heavy atom. The number of aliphatic hydroxyl groups is 1. The highest BCUT2D eigenvalue weighted by Crippen LogP contribution is 2.43. The molecule has 11 heteroatoms. The van der Waals surface area contributed by atoms with Crippen molar-refractivity contribution in [3.63, 3.8) is 0 Å². The van der Waals surface area contributed by atoms with Crippen molar-refractivity contribution >= 4 is 7.82 Å². The van der Waals surface area contributed by atoms with E-state index in [0.29, 0.717) is 12.8 Å². The summed E-state index contributed by atoms with van der Waals surface area (Å²) in [5.41, 5.74) is -1.39. The Kier molecular flexibility index (Phi) is 7.78. The van der Waals surface area contributed by atoms with Gasteiger partial charge in [-0.25, -0.2) is 9.36 Å². The van der Waals surface area contributed by atoms with Crippen LogP contribution in [0.4, 0.5) is 0 Å². The summed E-state index contributed by atoms with van der Waals surface area (Å²) in [4.78, 5) is 44.1. The number of aromatic nitrogens is 2. The second kappa shape index (κ2) is 9.85. The van der Waals surface area contributed by atoms with Crippen LogP contribution < -0.4 is 11.2 Å². The number of hydrogen-bond donors (Lipinski definition) is 4. The number of H-pyrrole nitrogens is 1. The maximum atomic E-state index is 12.1. The van der Waals surface area contributed by atoms with E-state index in [1.165, 1.54) is 6.20 Å². The summed E-state index contributed by atoms with van der Waals surface area (Å²) >= 11 is 0. The molecule has 0 bridgehead atoms. The first-order valence-corrected chi connectivity index (χ1v) is 10.1. The average molecular weight is 412 g/mol. The van der Waals surface area contributed by atoms with E-state index in [2.05, 4.69) is 27.3 Å². The number of hydrogen-bond acceptors (Lipinski definition) is 6. The zero-order valence-corrected chi connectivity index (χ0v) is 15.8. The summed E-state index contributed by atoms with van der Waals surface area (Å²) in [6.45, 7) is -0.566. The lowest BCUT2D eigenvalue weighted by Gasteiger charge is -2.16. The molecule has 2 rings (SSSR count). The molecule has 152 valence electrons. The monoisotopic (exact) mass is 412 g/mol. The predicted molar refractivity (Wildman–Crippen MR) is 98.0 cm³/mol. The van der Waals surface area contributed by atoms with E-state index < -0.39 is 44.1 Å². The molecule has 0 saturated carbocycles. The summed E-state index contributed by atoms with van der Waals surface area (Å²) in [6, 6.07) is 0. The normalized spacial score (nSPS) is 21.7. The van der Waals surface area contributed by atoms with E-state index in [9.17, 15) is 19.3 Å². The number of rotatable bonds is 7. The Balaban J connectivity index is 2.19. The summed E-state index contributed by atoms with van der Waals surface area (Å²) in [6.07, 6.45) is 5.89. The number of phosphoric acid groups is 1. The lowest BCUT2D eigenvalue weighted by atomic mass is 10.2. The van der Waals surface area contributed by atoms with Crippen LogP contribution in [0, 0.1) is 24.2 Å². The van der Waals surface area contributed by atoms with Crippen molar-refractivity contribution in [3.05, 3.63) is 32.6 Å². The zero-order valence-electron chi connectivity index (χ0n) is 14.9. The van der Waals surface area contributed by atoms with Gasteiger partial charge in [-0.05, 0) is 12.8 Å². The highest BCUT2D eigenvalue weighted by molar-refractivity contribution is 7.46. The molecule has 0 aromatic carbocycles. The van der Waals surface area contributed by atoms with E-state index in [1.807, 2.05) is 0 Å². The van der Waals surface area contributed by atoms with E-state index in [0.717, 1.165) is 17.4 Å². The summed E-state index contributed by atoms with van der Waals surface area (Å²) in [7, 11) is -4.81. The van der Waals surface area contributed by atoms with E-state index in [4.69, 9.17) is 20.9 Å². The Morgan fingerprint density at radius 1 is 1.36 bits per heavy atom. The number of aromatic amines is 1. The zero-order chi connectivity index (χ0) is 20.7. The number of phosphoric ester groups is 1. The molecule has 4 N–H and O–H groups in total. The van der Waals surface area contributed by atoms with Crippen LogP contribution in [0.15, 0.2) is 15.8 Å². The van der Waals surface area contributed by atoms with Crippen LogP contribution in [0.2, 0.25) is 0 Å². The molecule has 1 aromatic heterocycles. The van der Waals surface area contributed by atoms with Crippen LogP contribution in [-0.2, 0) is 13.8 Å². The second-order valence-electron chi connectivity index (χ2n) is 6.10. The molecule has 0 radical (unpaired) electrons. The Morgan fingerprint density at radius 2 is 2.07 bits per heavy atom. The molecule has 1 fully saturated rings. The molecule has 28 heavy (non-hydrogen) atoms. The predicted octanol–water partition coefficient (Wildman–Crippen LogP) is -0.161. The van der Waals surface area contributed by atoms with Crippen LogP contribution in [0.1, 0.15) is 43.9 Å².